The highest BCUT2D eigenvalue weighted by Gasteiger charge is 2.19. The number of carbonyl (C=O) groups excluding carboxylic acids is 2. The minimum atomic E-state index is -3.83. The molecule has 0 atom stereocenters. The summed E-state index contributed by atoms with van der Waals surface area (Å²) in [5.74, 6) is -0.308. The maximum absolute atomic E-state index is 12.3. The zero-order valence-corrected chi connectivity index (χ0v) is 15.5. The van der Waals surface area contributed by atoms with Gasteiger partial charge >= 0.3 is 0 Å². The van der Waals surface area contributed by atoms with Gasteiger partial charge in [-0.3, -0.25) is 25.4 Å². The molecule has 1 aliphatic heterocycles. The van der Waals surface area contributed by atoms with Crippen LogP contribution < -0.4 is 25.0 Å². The van der Waals surface area contributed by atoms with Gasteiger partial charge in [-0.25, -0.2) is 13.1 Å². The first-order valence-electron chi connectivity index (χ1n) is 8.35. The van der Waals surface area contributed by atoms with Crippen molar-refractivity contribution in [2.45, 2.75) is 11.3 Å². The average Bonchev–Trinajstić information content (AvgIpc) is 2.72. The Morgan fingerprint density at radius 2 is 1.82 bits per heavy atom. The molecule has 0 saturated carbocycles. The van der Waals surface area contributed by atoms with Crippen molar-refractivity contribution < 1.29 is 27.5 Å². The van der Waals surface area contributed by atoms with E-state index in [2.05, 4.69) is 20.6 Å². The maximum atomic E-state index is 12.3. The monoisotopic (exact) mass is 406 g/mol. The molecule has 3 N–H and O–H groups in total. The minimum absolute atomic E-state index is 0.000568. The molecule has 0 aliphatic carbocycles. The lowest BCUT2D eigenvalue weighted by Crippen LogP contribution is -2.43. The molecule has 3 rings (SSSR count). The van der Waals surface area contributed by atoms with Crippen LogP contribution in [-0.2, 0) is 14.8 Å². The maximum Gasteiger partial charge on any atom is 0.288 e. The summed E-state index contributed by atoms with van der Waals surface area (Å²) in [6.07, 6.45) is 1.27. The third kappa shape index (κ3) is 4.96. The van der Waals surface area contributed by atoms with Crippen LogP contribution in [0.1, 0.15) is 16.9 Å². The number of hydrogen-bond acceptors (Lipinski definition) is 7. The van der Waals surface area contributed by atoms with Crippen LogP contribution >= 0.6 is 0 Å². The van der Waals surface area contributed by atoms with Gasteiger partial charge in [-0.05, 0) is 24.3 Å². The van der Waals surface area contributed by atoms with E-state index in [1.165, 1.54) is 30.5 Å². The lowest BCUT2D eigenvalue weighted by molar-refractivity contribution is -0.121. The summed E-state index contributed by atoms with van der Waals surface area (Å²) >= 11 is 0. The number of carbonyl (C=O) groups is 2. The number of ether oxygens (including phenoxy) is 2. The molecule has 0 unspecified atom stereocenters. The molecule has 0 fully saturated rings. The Morgan fingerprint density at radius 1 is 1.04 bits per heavy atom. The molecule has 28 heavy (non-hydrogen) atoms. The van der Waals surface area contributed by atoms with Gasteiger partial charge in [0.05, 0.1) is 4.90 Å². The normalized spacial score (nSPS) is 12.9. The predicted octanol–water partition coefficient (Wildman–Crippen LogP) is -0.0176. The van der Waals surface area contributed by atoms with Crippen molar-refractivity contribution in [2.24, 2.45) is 0 Å². The van der Waals surface area contributed by atoms with E-state index in [4.69, 9.17) is 9.47 Å². The number of sulfonamides is 1. The first kappa shape index (κ1) is 19.6. The number of hydrazine groups is 1. The molecule has 1 aliphatic rings. The van der Waals surface area contributed by atoms with Gasteiger partial charge in [0.2, 0.25) is 15.9 Å². The summed E-state index contributed by atoms with van der Waals surface area (Å²) in [5.41, 5.74) is 4.54. The SMILES string of the molecule is O=C(CCNS(=O)(=O)c1ccc2c(c1)OCCO2)NNC(=O)c1ccccn1. The summed E-state index contributed by atoms with van der Waals surface area (Å²) in [5, 5.41) is 0. The molecule has 148 valence electrons. The summed E-state index contributed by atoms with van der Waals surface area (Å²) < 4.78 is 37.7. The number of rotatable bonds is 6. The Hall–Kier alpha value is -3.18. The van der Waals surface area contributed by atoms with Gasteiger partial charge in [0.25, 0.3) is 5.91 Å². The molecule has 1 aromatic carbocycles. The van der Waals surface area contributed by atoms with Crippen LogP contribution in [0.15, 0.2) is 47.5 Å². The number of amides is 2. The number of fused-ring (bicyclic) bond motifs is 1. The molecule has 11 heteroatoms. The Kier molecular flexibility index (Phi) is 6.06. The summed E-state index contributed by atoms with van der Waals surface area (Å²) in [6, 6.07) is 9.05. The molecule has 2 amide bonds. The molecular formula is C17H18N4O6S. The minimum Gasteiger partial charge on any atom is -0.486 e. The largest absolute Gasteiger partial charge is 0.486 e. The lowest BCUT2D eigenvalue weighted by Gasteiger charge is -2.18. The highest BCUT2D eigenvalue weighted by atomic mass is 32.2. The number of hydrogen-bond donors (Lipinski definition) is 3. The molecule has 1 aromatic heterocycles. The Labute approximate surface area is 161 Å². The second kappa shape index (κ2) is 8.67. The number of nitrogens with one attached hydrogen (secondary N) is 3. The smallest absolute Gasteiger partial charge is 0.288 e. The van der Waals surface area contributed by atoms with E-state index in [9.17, 15) is 18.0 Å². The van der Waals surface area contributed by atoms with Crippen LogP contribution in [0.4, 0.5) is 0 Å². The molecule has 0 radical (unpaired) electrons. The number of pyridine rings is 1. The second-order valence-corrected chi connectivity index (χ2v) is 7.44. The standard InChI is InChI=1S/C17H18N4O6S/c22-16(20-21-17(23)13-3-1-2-7-18-13)6-8-19-28(24,25)12-4-5-14-15(11-12)27-10-9-26-14/h1-5,7,11,19H,6,8-10H2,(H,20,22)(H,21,23). The van der Waals surface area contributed by atoms with E-state index in [1.807, 2.05) is 0 Å². The molecule has 0 bridgehead atoms. The number of nitrogens with zero attached hydrogens (tertiary/aromatic N) is 1. The van der Waals surface area contributed by atoms with Crippen LogP contribution in [-0.4, -0.2) is 45.0 Å². The van der Waals surface area contributed by atoms with Crippen molar-refractivity contribution in [1.29, 1.82) is 0 Å². The Bertz CT molecular complexity index is 965. The summed E-state index contributed by atoms with van der Waals surface area (Å²) in [6.45, 7) is 0.597. The van der Waals surface area contributed by atoms with Crippen molar-refractivity contribution >= 4 is 21.8 Å². The van der Waals surface area contributed by atoms with E-state index in [1.54, 1.807) is 12.1 Å². The van der Waals surface area contributed by atoms with Crippen LogP contribution in [0.25, 0.3) is 0 Å². The molecule has 0 spiro atoms. The fourth-order valence-electron chi connectivity index (χ4n) is 2.32. The lowest BCUT2D eigenvalue weighted by atomic mass is 10.3. The number of aromatic nitrogens is 1. The van der Waals surface area contributed by atoms with Crippen molar-refractivity contribution in [1.82, 2.24) is 20.6 Å². The first-order chi connectivity index (χ1) is 13.5. The van der Waals surface area contributed by atoms with Crippen LogP contribution in [0, 0.1) is 0 Å². The number of benzene rings is 1. The molecule has 10 nitrogen and oxygen atoms in total. The predicted molar refractivity (Wildman–Crippen MR) is 97.1 cm³/mol. The van der Waals surface area contributed by atoms with Crippen molar-refractivity contribution in [3.05, 3.63) is 48.3 Å². The van der Waals surface area contributed by atoms with Crippen LogP contribution in [0.3, 0.4) is 0 Å². The third-order valence-electron chi connectivity index (χ3n) is 3.68. The van der Waals surface area contributed by atoms with Gasteiger partial charge in [0, 0.05) is 25.2 Å². The molecular weight excluding hydrogens is 388 g/mol. The average molecular weight is 406 g/mol. The Morgan fingerprint density at radius 3 is 2.57 bits per heavy atom. The third-order valence-corrected chi connectivity index (χ3v) is 5.14. The van der Waals surface area contributed by atoms with Gasteiger partial charge in [0.1, 0.15) is 18.9 Å². The fourth-order valence-corrected chi connectivity index (χ4v) is 3.37. The van der Waals surface area contributed by atoms with E-state index in [0.29, 0.717) is 24.7 Å². The van der Waals surface area contributed by atoms with Gasteiger partial charge in [-0.1, -0.05) is 6.07 Å². The van der Waals surface area contributed by atoms with Crippen molar-refractivity contribution in [2.75, 3.05) is 19.8 Å². The van der Waals surface area contributed by atoms with Crippen molar-refractivity contribution in [3.8, 4) is 11.5 Å². The summed E-state index contributed by atoms with van der Waals surface area (Å²) in [7, 11) is -3.83. The quantitative estimate of drug-likeness (QED) is 0.574. The molecule has 2 aromatic rings. The van der Waals surface area contributed by atoms with Crippen LogP contribution in [0.2, 0.25) is 0 Å². The first-order valence-corrected chi connectivity index (χ1v) is 9.83. The zero-order chi connectivity index (χ0) is 20.0. The highest BCUT2D eigenvalue weighted by molar-refractivity contribution is 7.89. The van der Waals surface area contributed by atoms with E-state index in [-0.39, 0.29) is 23.6 Å². The second-order valence-electron chi connectivity index (χ2n) is 5.67. The van der Waals surface area contributed by atoms with Crippen molar-refractivity contribution in [3.63, 3.8) is 0 Å². The fraction of sp³-hybridized carbons (Fsp3) is 0.235. The zero-order valence-electron chi connectivity index (χ0n) is 14.7. The Balaban J connectivity index is 1.47. The van der Waals surface area contributed by atoms with E-state index >= 15 is 0 Å². The van der Waals surface area contributed by atoms with Gasteiger partial charge < -0.3 is 9.47 Å². The van der Waals surface area contributed by atoms with Gasteiger partial charge in [-0.2, -0.15) is 0 Å². The molecule has 0 saturated heterocycles. The summed E-state index contributed by atoms with van der Waals surface area (Å²) in [4.78, 5) is 27.4. The van der Waals surface area contributed by atoms with Gasteiger partial charge in [-0.15, -0.1) is 0 Å². The topological polar surface area (TPSA) is 136 Å². The van der Waals surface area contributed by atoms with E-state index < -0.39 is 21.8 Å². The van der Waals surface area contributed by atoms with Gasteiger partial charge in [0.15, 0.2) is 11.5 Å². The highest BCUT2D eigenvalue weighted by Crippen LogP contribution is 2.32. The molecule has 2 heterocycles. The van der Waals surface area contributed by atoms with E-state index in [0.717, 1.165) is 0 Å². The van der Waals surface area contributed by atoms with Crippen LogP contribution in [0.5, 0.6) is 11.5 Å².